The van der Waals surface area contributed by atoms with E-state index in [0.717, 1.165) is 5.56 Å². The molecule has 0 radical (unpaired) electrons. The summed E-state index contributed by atoms with van der Waals surface area (Å²) in [4.78, 5) is 31.7. The smallest absolute Gasteiger partial charge is 0.321 e. The molecule has 2 aliphatic rings. The number of urea groups is 2. The number of nitrogens with zero attached hydrogens (tertiary/aromatic N) is 4. The normalized spacial score (nSPS) is 28.3. The van der Waals surface area contributed by atoms with Crippen molar-refractivity contribution in [3.8, 4) is 0 Å². The van der Waals surface area contributed by atoms with E-state index < -0.39 is 5.66 Å². The molecule has 1 aromatic carbocycles. The molecule has 2 saturated heterocycles. The number of fused-ring (bicyclic) bond motifs is 1. The van der Waals surface area contributed by atoms with E-state index in [1.54, 1.807) is 59.9 Å². The molecule has 2 heterocycles. The lowest BCUT2D eigenvalue weighted by Crippen LogP contribution is -2.75. The second-order valence-corrected chi connectivity index (χ2v) is 6.37. The van der Waals surface area contributed by atoms with E-state index >= 15 is 0 Å². The van der Waals surface area contributed by atoms with Crippen LogP contribution >= 0.6 is 0 Å². The Balaban J connectivity index is 2.20. The van der Waals surface area contributed by atoms with Gasteiger partial charge in [-0.15, -0.1) is 0 Å². The van der Waals surface area contributed by atoms with Crippen molar-refractivity contribution in [1.29, 1.82) is 0 Å². The minimum Gasteiger partial charge on any atom is -0.327 e. The summed E-state index contributed by atoms with van der Waals surface area (Å²) in [6, 6.07) is 5.74. The lowest BCUT2D eigenvalue weighted by molar-refractivity contribution is -0.101. The molecule has 0 spiro atoms. The zero-order chi connectivity index (χ0) is 16.9. The molecule has 124 valence electrons. The fourth-order valence-corrected chi connectivity index (χ4v) is 4.02. The predicted molar refractivity (Wildman–Crippen MR) is 83.1 cm³/mol. The minimum absolute atomic E-state index is 0.00615. The van der Waals surface area contributed by atoms with Crippen LogP contribution in [-0.2, 0) is 5.66 Å². The highest BCUT2D eigenvalue weighted by Crippen LogP contribution is 2.45. The molecular weight excluding hydrogens is 299 g/mol. The third-order valence-electron chi connectivity index (χ3n) is 5.08. The first-order chi connectivity index (χ1) is 10.8. The summed E-state index contributed by atoms with van der Waals surface area (Å²) < 4.78 is 13.4. The summed E-state index contributed by atoms with van der Waals surface area (Å²) in [6.45, 7) is 1.06. The number of halogens is 1. The second-order valence-electron chi connectivity index (χ2n) is 6.37. The molecule has 23 heavy (non-hydrogen) atoms. The fourth-order valence-electron chi connectivity index (χ4n) is 4.02. The van der Waals surface area contributed by atoms with Crippen molar-refractivity contribution in [2.75, 3.05) is 41.3 Å². The first-order valence-corrected chi connectivity index (χ1v) is 7.54. The molecule has 7 heteroatoms. The molecule has 2 fully saturated rings. The average molecular weight is 320 g/mol. The summed E-state index contributed by atoms with van der Waals surface area (Å²) in [6.07, 6.45) is 0. The van der Waals surface area contributed by atoms with Crippen LogP contribution in [0.15, 0.2) is 24.3 Å². The number of carbonyl (C=O) groups is 2. The van der Waals surface area contributed by atoms with Crippen molar-refractivity contribution in [3.05, 3.63) is 35.6 Å². The Hall–Kier alpha value is -2.31. The summed E-state index contributed by atoms with van der Waals surface area (Å²) in [7, 11) is 6.90. The van der Waals surface area contributed by atoms with E-state index in [1.165, 1.54) is 12.1 Å². The Labute approximate surface area is 135 Å². The molecule has 3 rings (SSSR count). The molecule has 4 amide bonds. The Morgan fingerprint density at radius 1 is 0.913 bits per heavy atom. The Morgan fingerprint density at radius 2 is 1.35 bits per heavy atom. The quantitative estimate of drug-likeness (QED) is 0.789. The molecule has 0 unspecified atom stereocenters. The standard InChI is InChI=1S/C16H21FN4O2/c1-18-9-12-10-19(2)15(23)21(4)16(12,20(3)14(18)22)11-5-7-13(17)8-6-11/h5-8,12H,9-10H2,1-4H3. The van der Waals surface area contributed by atoms with E-state index in [1.807, 2.05) is 0 Å². The van der Waals surface area contributed by atoms with Gasteiger partial charge in [0.1, 0.15) is 5.82 Å². The topological polar surface area (TPSA) is 47.1 Å². The first kappa shape index (κ1) is 15.6. The van der Waals surface area contributed by atoms with E-state index in [-0.39, 0.29) is 23.8 Å². The van der Waals surface area contributed by atoms with E-state index in [9.17, 15) is 14.0 Å². The highest BCUT2D eigenvalue weighted by Gasteiger charge is 2.58. The number of carbonyl (C=O) groups excluding carboxylic acids is 2. The first-order valence-electron chi connectivity index (χ1n) is 7.54. The second kappa shape index (κ2) is 5.11. The molecule has 0 aromatic heterocycles. The van der Waals surface area contributed by atoms with E-state index in [0.29, 0.717) is 13.1 Å². The van der Waals surface area contributed by atoms with Gasteiger partial charge in [0.25, 0.3) is 0 Å². The van der Waals surface area contributed by atoms with Gasteiger partial charge in [0.05, 0.1) is 0 Å². The van der Waals surface area contributed by atoms with Crippen LogP contribution in [0.2, 0.25) is 0 Å². The molecule has 0 aliphatic carbocycles. The summed E-state index contributed by atoms with van der Waals surface area (Å²) in [5.41, 5.74) is -0.155. The summed E-state index contributed by atoms with van der Waals surface area (Å²) >= 11 is 0. The number of rotatable bonds is 1. The maximum absolute atomic E-state index is 13.4. The maximum Gasteiger partial charge on any atom is 0.321 e. The summed E-state index contributed by atoms with van der Waals surface area (Å²) in [5, 5.41) is 0. The third kappa shape index (κ3) is 1.99. The predicted octanol–water partition coefficient (Wildman–Crippen LogP) is 1.59. The Bertz CT molecular complexity index is 618. The van der Waals surface area contributed by atoms with Crippen molar-refractivity contribution in [2.45, 2.75) is 5.66 Å². The third-order valence-corrected chi connectivity index (χ3v) is 5.08. The van der Waals surface area contributed by atoms with Crippen molar-refractivity contribution in [3.63, 3.8) is 0 Å². The monoisotopic (exact) mass is 320 g/mol. The highest BCUT2D eigenvalue weighted by molar-refractivity contribution is 5.81. The molecule has 0 N–H and O–H groups in total. The molecule has 0 saturated carbocycles. The molecule has 1 aromatic rings. The van der Waals surface area contributed by atoms with Crippen LogP contribution in [0.5, 0.6) is 0 Å². The van der Waals surface area contributed by atoms with E-state index in [2.05, 4.69) is 0 Å². The summed E-state index contributed by atoms with van der Waals surface area (Å²) in [5.74, 6) is -0.348. The number of hydrogen-bond acceptors (Lipinski definition) is 2. The van der Waals surface area contributed by atoms with Gasteiger partial charge in [0.15, 0.2) is 5.66 Å². The van der Waals surface area contributed by atoms with Crippen LogP contribution in [0.3, 0.4) is 0 Å². The fraction of sp³-hybridized carbons (Fsp3) is 0.500. The number of benzene rings is 1. The molecule has 6 nitrogen and oxygen atoms in total. The molecule has 0 bridgehead atoms. The number of hydrogen-bond donors (Lipinski definition) is 0. The Kier molecular flexibility index (Phi) is 3.46. The molecule has 0 atom stereocenters. The largest absolute Gasteiger partial charge is 0.327 e. The van der Waals surface area contributed by atoms with Gasteiger partial charge in [0.2, 0.25) is 0 Å². The zero-order valence-corrected chi connectivity index (χ0v) is 13.8. The molecule has 2 aliphatic heterocycles. The average Bonchev–Trinajstić information content (AvgIpc) is 2.52. The van der Waals surface area contributed by atoms with Gasteiger partial charge in [-0.3, -0.25) is 9.80 Å². The van der Waals surface area contributed by atoms with Crippen molar-refractivity contribution < 1.29 is 14.0 Å². The zero-order valence-electron chi connectivity index (χ0n) is 13.8. The van der Waals surface area contributed by atoms with Crippen LogP contribution in [0.4, 0.5) is 14.0 Å². The van der Waals surface area contributed by atoms with Crippen LogP contribution in [0.25, 0.3) is 0 Å². The van der Waals surface area contributed by atoms with Gasteiger partial charge in [-0.05, 0) is 17.7 Å². The van der Waals surface area contributed by atoms with Crippen molar-refractivity contribution >= 4 is 12.1 Å². The lowest BCUT2D eigenvalue weighted by atomic mass is 9.79. The Morgan fingerprint density at radius 3 is 1.78 bits per heavy atom. The molecular formula is C16H21FN4O2. The maximum atomic E-state index is 13.4. The van der Waals surface area contributed by atoms with E-state index in [4.69, 9.17) is 0 Å². The van der Waals surface area contributed by atoms with Crippen LogP contribution < -0.4 is 0 Å². The van der Waals surface area contributed by atoms with Gasteiger partial charge in [-0.2, -0.15) is 0 Å². The minimum atomic E-state index is -0.902. The van der Waals surface area contributed by atoms with Gasteiger partial charge in [0, 0.05) is 47.2 Å². The van der Waals surface area contributed by atoms with Gasteiger partial charge in [-0.1, -0.05) is 12.1 Å². The van der Waals surface area contributed by atoms with Crippen molar-refractivity contribution in [1.82, 2.24) is 19.6 Å². The number of amides is 4. The van der Waals surface area contributed by atoms with Crippen LogP contribution in [-0.4, -0.2) is 72.9 Å². The van der Waals surface area contributed by atoms with Gasteiger partial charge < -0.3 is 9.80 Å². The van der Waals surface area contributed by atoms with Gasteiger partial charge >= 0.3 is 12.1 Å². The van der Waals surface area contributed by atoms with Crippen LogP contribution in [0.1, 0.15) is 5.56 Å². The highest BCUT2D eigenvalue weighted by atomic mass is 19.1. The van der Waals surface area contributed by atoms with Crippen LogP contribution in [0, 0.1) is 11.7 Å². The lowest BCUT2D eigenvalue weighted by Gasteiger charge is -2.60. The van der Waals surface area contributed by atoms with Crippen molar-refractivity contribution in [2.24, 2.45) is 5.92 Å². The SMILES string of the molecule is CN1CC2CN(C)C(=O)N(C)C2(c2ccc(F)cc2)N(C)C1=O. The van der Waals surface area contributed by atoms with Gasteiger partial charge in [-0.25, -0.2) is 14.0 Å².